The number of aromatic nitrogens is 1. The van der Waals surface area contributed by atoms with E-state index in [1.54, 1.807) is 6.92 Å². The zero-order chi connectivity index (χ0) is 18.6. The molecule has 0 saturated heterocycles. The second-order valence-corrected chi connectivity index (χ2v) is 5.92. The third-order valence-corrected chi connectivity index (χ3v) is 4.29. The Morgan fingerprint density at radius 2 is 1.41 bits per heavy atom. The Balaban J connectivity index is 2.08. The highest BCUT2D eigenvalue weighted by molar-refractivity contribution is 5.95. The van der Waals surface area contributed by atoms with Crippen LogP contribution < -0.4 is 5.36 Å². The van der Waals surface area contributed by atoms with Crippen molar-refractivity contribution in [3.05, 3.63) is 84.2 Å². The van der Waals surface area contributed by atoms with E-state index in [0.29, 0.717) is 5.36 Å². The maximum Gasteiger partial charge on any atom is 0.535 e. The van der Waals surface area contributed by atoms with E-state index in [-0.39, 0.29) is 6.61 Å². The third-order valence-electron chi connectivity index (χ3n) is 4.29. The summed E-state index contributed by atoms with van der Waals surface area (Å²) in [5, 5.41) is 6.48. The Hall–Kier alpha value is -3.60. The molecule has 27 heavy (non-hydrogen) atoms. The van der Waals surface area contributed by atoms with Gasteiger partial charge in [-0.1, -0.05) is 59.8 Å². The van der Waals surface area contributed by atoms with E-state index in [1.807, 2.05) is 66.7 Å². The molecule has 0 bridgehead atoms. The first-order valence-corrected chi connectivity index (χ1v) is 8.75. The van der Waals surface area contributed by atoms with Crippen LogP contribution in [0.1, 0.15) is 6.92 Å². The first kappa shape index (κ1) is 16.8. The molecule has 4 rings (SSSR count). The molecule has 134 valence electrons. The summed E-state index contributed by atoms with van der Waals surface area (Å²) < 4.78 is 7.00. The lowest BCUT2D eigenvalue weighted by molar-refractivity contribution is 0.0583. The van der Waals surface area contributed by atoms with Crippen molar-refractivity contribution in [1.82, 2.24) is 4.57 Å². The smallest absolute Gasteiger partial charge is 0.433 e. The largest absolute Gasteiger partial charge is 0.535 e. The Morgan fingerprint density at radius 3 is 2.00 bits per heavy atom. The van der Waals surface area contributed by atoms with E-state index >= 15 is 0 Å². The topological polar surface area (TPSA) is 52.8 Å². The van der Waals surface area contributed by atoms with Gasteiger partial charge in [-0.3, -0.25) is 4.84 Å². The van der Waals surface area contributed by atoms with Gasteiger partial charge in [-0.05, 0) is 31.2 Å². The van der Waals surface area contributed by atoms with Crippen molar-refractivity contribution < 1.29 is 14.4 Å². The van der Waals surface area contributed by atoms with Crippen molar-refractivity contribution in [2.24, 2.45) is 5.16 Å². The number of para-hydroxylation sites is 3. The number of carbonyl (C=O) groups is 1. The predicted octanol–water partition coefficient (Wildman–Crippen LogP) is 4.77. The third kappa shape index (κ3) is 3.15. The quantitative estimate of drug-likeness (QED) is 0.229. The van der Waals surface area contributed by atoms with E-state index in [9.17, 15) is 4.79 Å². The molecule has 0 aliphatic rings. The molecule has 5 nitrogen and oxygen atoms in total. The van der Waals surface area contributed by atoms with E-state index in [4.69, 9.17) is 9.57 Å². The second-order valence-electron chi connectivity index (χ2n) is 5.92. The Kier molecular flexibility index (Phi) is 4.58. The number of pyridine rings is 1. The fraction of sp³-hybridized carbons (Fsp3) is 0.0909. The zero-order valence-corrected chi connectivity index (χ0v) is 14.8. The molecular formula is C22H18N2O3. The lowest BCUT2D eigenvalue weighted by Gasteiger charge is -2.16. The molecule has 3 aromatic carbocycles. The lowest BCUT2D eigenvalue weighted by Crippen LogP contribution is -2.14. The Morgan fingerprint density at radius 1 is 0.852 bits per heavy atom. The lowest BCUT2D eigenvalue weighted by atomic mass is 10.1. The second kappa shape index (κ2) is 7.33. The van der Waals surface area contributed by atoms with Crippen LogP contribution in [0.25, 0.3) is 27.5 Å². The van der Waals surface area contributed by atoms with Crippen LogP contribution >= 0.6 is 0 Å². The molecule has 0 aliphatic heterocycles. The summed E-state index contributed by atoms with van der Waals surface area (Å²) in [6.45, 7) is 1.95. The van der Waals surface area contributed by atoms with E-state index < -0.39 is 6.16 Å². The predicted molar refractivity (Wildman–Crippen MR) is 104 cm³/mol. The SMILES string of the molecule is CCOC(=O)ON=c1c2ccccc2n(-c2ccccc2)c2ccccc12. The van der Waals surface area contributed by atoms with E-state index in [1.165, 1.54) is 0 Å². The highest BCUT2D eigenvalue weighted by atomic mass is 16.8. The molecule has 1 aromatic heterocycles. The van der Waals surface area contributed by atoms with Crippen LogP contribution in [0.3, 0.4) is 0 Å². The van der Waals surface area contributed by atoms with Crippen molar-refractivity contribution in [2.75, 3.05) is 6.61 Å². The fourth-order valence-corrected chi connectivity index (χ4v) is 3.19. The van der Waals surface area contributed by atoms with E-state index in [0.717, 1.165) is 27.5 Å². The van der Waals surface area contributed by atoms with Gasteiger partial charge in [0.1, 0.15) is 5.36 Å². The van der Waals surface area contributed by atoms with Gasteiger partial charge in [-0.25, -0.2) is 4.79 Å². The number of rotatable bonds is 3. The summed E-state index contributed by atoms with van der Waals surface area (Å²) in [4.78, 5) is 16.6. The average molecular weight is 358 g/mol. The van der Waals surface area contributed by atoms with Crippen molar-refractivity contribution in [2.45, 2.75) is 6.92 Å². The molecule has 0 spiro atoms. The first-order valence-electron chi connectivity index (χ1n) is 8.75. The number of ether oxygens (including phenoxy) is 1. The van der Waals surface area contributed by atoms with Gasteiger partial charge in [-0.2, -0.15) is 0 Å². The van der Waals surface area contributed by atoms with Gasteiger partial charge >= 0.3 is 6.16 Å². The summed E-state index contributed by atoms with van der Waals surface area (Å²) in [6.07, 6.45) is -0.814. The van der Waals surface area contributed by atoms with Gasteiger partial charge in [0.2, 0.25) is 0 Å². The van der Waals surface area contributed by atoms with Crippen LogP contribution in [0, 0.1) is 0 Å². The maximum atomic E-state index is 11.6. The Bertz CT molecular complexity index is 1120. The number of hydrogen-bond donors (Lipinski definition) is 0. The molecule has 0 fully saturated rings. The zero-order valence-electron chi connectivity index (χ0n) is 14.8. The highest BCUT2D eigenvalue weighted by Crippen LogP contribution is 2.23. The summed E-state index contributed by atoms with van der Waals surface area (Å²) in [5.41, 5.74) is 2.98. The first-order chi connectivity index (χ1) is 13.3. The van der Waals surface area contributed by atoms with Gasteiger partial charge in [0, 0.05) is 16.5 Å². The Labute approximate surface area is 156 Å². The molecular weight excluding hydrogens is 340 g/mol. The molecule has 5 heteroatoms. The van der Waals surface area contributed by atoms with Crippen molar-refractivity contribution in [3.8, 4) is 5.69 Å². The van der Waals surface area contributed by atoms with Gasteiger partial charge in [0.25, 0.3) is 0 Å². The molecule has 0 unspecified atom stereocenters. The number of hydrogen-bond acceptors (Lipinski definition) is 4. The van der Waals surface area contributed by atoms with Gasteiger partial charge in [0.15, 0.2) is 0 Å². The molecule has 0 aliphatic carbocycles. The number of carbonyl (C=O) groups excluding carboxylic acids is 1. The highest BCUT2D eigenvalue weighted by Gasteiger charge is 2.11. The van der Waals surface area contributed by atoms with Crippen LogP contribution in [-0.2, 0) is 9.57 Å². The van der Waals surface area contributed by atoms with Crippen LogP contribution in [0.5, 0.6) is 0 Å². The fourth-order valence-electron chi connectivity index (χ4n) is 3.19. The monoisotopic (exact) mass is 358 g/mol. The van der Waals surface area contributed by atoms with Gasteiger partial charge < -0.3 is 9.30 Å². The molecule has 0 atom stereocenters. The van der Waals surface area contributed by atoms with Gasteiger partial charge in [0.05, 0.1) is 17.6 Å². The van der Waals surface area contributed by atoms with Crippen molar-refractivity contribution >= 4 is 28.0 Å². The van der Waals surface area contributed by atoms with E-state index in [2.05, 4.69) is 21.9 Å². The van der Waals surface area contributed by atoms with Crippen LogP contribution in [0.15, 0.2) is 84.0 Å². The molecule has 0 saturated carbocycles. The minimum absolute atomic E-state index is 0.235. The summed E-state index contributed by atoms with van der Waals surface area (Å²) in [7, 11) is 0. The van der Waals surface area contributed by atoms with Crippen LogP contribution in [0.2, 0.25) is 0 Å². The minimum atomic E-state index is -0.814. The summed E-state index contributed by atoms with van der Waals surface area (Å²) >= 11 is 0. The van der Waals surface area contributed by atoms with Gasteiger partial charge in [-0.15, -0.1) is 0 Å². The normalized spacial score (nSPS) is 10.7. The number of nitrogens with zero attached hydrogens (tertiary/aromatic N) is 2. The van der Waals surface area contributed by atoms with Crippen molar-refractivity contribution in [3.63, 3.8) is 0 Å². The summed E-state index contributed by atoms with van der Waals surface area (Å²) in [5.74, 6) is 0. The molecule has 0 amide bonds. The average Bonchev–Trinajstić information content (AvgIpc) is 2.72. The van der Waals surface area contributed by atoms with Crippen LogP contribution in [0.4, 0.5) is 4.79 Å². The molecule has 4 aromatic rings. The maximum absolute atomic E-state index is 11.6. The van der Waals surface area contributed by atoms with Crippen LogP contribution in [-0.4, -0.2) is 17.3 Å². The van der Waals surface area contributed by atoms with Crippen molar-refractivity contribution in [1.29, 1.82) is 0 Å². The minimum Gasteiger partial charge on any atom is -0.433 e. The standard InChI is InChI=1S/C22H18N2O3/c1-2-26-22(25)27-23-21-17-12-6-8-14-19(17)24(16-10-4-3-5-11-16)20-15-9-7-13-18(20)21/h3-15H,2H2,1H3. The molecule has 1 heterocycles. The molecule has 0 N–H and O–H groups in total. The number of fused-ring (bicyclic) bond motifs is 2. The summed E-state index contributed by atoms with van der Waals surface area (Å²) in [6, 6.07) is 26.0. The molecule has 0 radical (unpaired) electrons. The number of benzene rings is 3.